The average Bonchev–Trinajstić information content (AvgIpc) is 2.82. The summed E-state index contributed by atoms with van der Waals surface area (Å²) in [5.41, 5.74) is 5.35. The Labute approximate surface area is 190 Å². The molecule has 1 aromatic carbocycles. The van der Waals surface area contributed by atoms with Crippen LogP contribution < -0.4 is 15.8 Å². The van der Waals surface area contributed by atoms with Gasteiger partial charge in [0, 0.05) is 56.4 Å². The second-order valence-electron chi connectivity index (χ2n) is 8.64. The van der Waals surface area contributed by atoms with E-state index in [1.165, 1.54) is 11.3 Å². The Morgan fingerprint density at radius 1 is 1.12 bits per heavy atom. The number of para-hydroxylation sites is 1. The first-order valence-corrected chi connectivity index (χ1v) is 11.4. The highest BCUT2D eigenvalue weighted by molar-refractivity contribution is 5.73. The third kappa shape index (κ3) is 5.09. The summed E-state index contributed by atoms with van der Waals surface area (Å²) in [7, 11) is 2.08. The van der Waals surface area contributed by atoms with Gasteiger partial charge in [-0.25, -0.2) is 0 Å². The van der Waals surface area contributed by atoms with Crippen molar-refractivity contribution in [2.75, 3.05) is 38.1 Å². The zero-order valence-corrected chi connectivity index (χ0v) is 19.1. The van der Waals surface area contributed by atoms with Crippen molar-refractivity contribution in [3.05, 3.63) is 82.9 Å². The first-order valence-electron chi connectivity index (χ1n) is 11.4. The largest absolute Gasteiger partial charge is 0.347 e. The quantitative estimate of drug-likeness (QED) is 0.592. The average molecular weight is 432 g/mol. The number of pyridine rings is 2. The molecule has 6 nitrogen and oxygen atoms in total. The van der Waals surface area contributed by atoms with Crippen LogP contribution in [0.5, 0.6) is 0 Å². The summed E-state index contributed by atoms with van der Waals surface area (Å²) in [5, 5.41) is 3.69. The number of aryl methyl sites for hydroxylation is 1. The van der Waals surface area contributed by atoms with Crippen LogP contribution in [-0.4, -0.2) is 53.7 Å². The number of aromatic nitrogens is 2. The second kappa shape index (κ2) is 10.1. The minimum Gasteiger partial charge on any atom is -0.347 e. The molecule has 2 aromatic heterocycles. The number of piperidine rings is 1. The monoisotopic (exact) mass is 431 g/mol. The highest BCUT2D eigenvalue weighted by atomic mass is 16.1. The molecule has 1 saturated heterocycles. The van der Waals surface area contributed by atoms with Crippen LogP contribution in [0.25, 0.3) is 11.0 Å². The van der Waals surface area contributed by atoms with Crippen LogP contribution in [0.4, 0.5) is 5.69 Å². The normalized spacial score (nSPS) is 15.2. The van der Waals surface area contributed by atoms with E-state index in [0.29, 0.717) is 12.6 Å². The molecule has 0 radical (unpaired) electrons. The molecular weight excluding hydrogens is 398 g/mol. The molecule has 32 heavy (non-hydrogen) atoms. The lowest BCUT2D eigenvalue weighted by Gasteiger charge is -2.33. The number of hydrogen-bond acceptors (Lipinski definition) is 5. The van der Waals surface area contributed by atoms with Gasteiger partial charge in [-0.3, -0.25) is 9.78 Å². The van der Waals surface area contributed by atoms with Gasteiger partial charge in [0.1, 0.15) is 0 Å². The molecule has 0 aliphatic carbocycles. The van der Waals surface area contributed by atoms with Gasteiger partial charge in [0.15, 0.2) is 0 Å². The van der Waals surface area contributed by atoms with Crippen molar-refractivity contribution >= 4 is 16.7 Å². The number of benzene rings is 1. The number of fused-ring (bicyclic) bond motifs is 1. The van der Waals surface area contributed by atoms with Gasteiger partial charge in [-0.15, -0.1) is 0 Å². The van der Waals surface area contributed by atoms with Crippen molar-refractivity contribution in [1.82, 2.24) is 19.8 Å². The SMILES string of the molecule is C=C(CNC1CCN(CCn2c(=O)ccc3ncccc32)CC1)N(C)c1ccccc1C. The molecule has 4 rings (SSSR count). The van der Waals surface area contributed by atoms with E-state index in [1.54, 1.807) is 18.3 Å². The predicted octanol–water partition coefficient (Wildman–Crippen LogP) is 3.41. The summed E-state index contributed by atoms with van der Waals surface area (Å²) >= 11 is 0. The van der Waals surface area contributed by atoms with Crippen molar-refractivity contribution < 1.29 is 0 Å². The molecule has 0 unspecified atom stereocenters. The van der Waals surface area contributed by atoms with Crippen molar-refractivity contribution in [3.63, 3.8) is 0 Å². The maximum Gasteiger partial charge on any atom is 0.251 e. The molecule has 0 spiro atoms. The summed E-state index contributed by atoms with van der Waals surface area (Å²) in [4.78, 5) is 21.4. The molecule has 3 heterocycles. The Morgan fingerprint density at radius 3 is 2.69 bits per heavy atom. The molecule has 1 N–H and O–H groups in total. The number of anilines is 1. The number of rotatable bonds is 8. The lowest BCUT2D eigenvalue weighted by atomic mass is 10.0. The standard InChI is InChI=1S/C26H33N5O/c1-20-7-4-5-8-24(20)29(3)21(2)19-28-22-12-15-30(16-13-22)17-18-31-25-9-6-14-27-23(25)10-11-26(31)32/h4-11,14,22,28H,2,12-13,15-19H2,1,3H3. The van der Waals surface area contributed by atoms with E-state index < -0.39 is 0 Å². The van der Waals surface area contributed by atoms with E-state index in [2.05, 4.69) is 64.9 Å². The smallest absolute Gasteiger partial charge is 0.251 e. The number of nitrogens with one attached hydrogen (secondary N) is 1. The molecule has 168 valence electrons. The zero-order chi connectivity index (χ0) is 22.5. The third-order valence-corrected chi connectivity index (χ3v) is 6.53. The van der Waals surface area contributed by atoms with Crippen molar-refractivity contribution in [1.29, 1.82) is 0 Å². The van der Waals surface area contributed by atoms with Crippen LogP contribution in [-0.2, 0) is 6.54 Å². The molecule has 6 heteroatoms. The molecular formula is C26H33N5O. The summed E-state index contributed by atoms with van der Waals surface area (Å²) in [6.45, 7) is 10.8. The Hall–Kier alpha value is -2.96. The van der Waals surface area contributed by atoms with E-state index in [1.807, 2.05) is 16.7 Å². The van der Waals surface area contributed by atoms with Crippen molar-refractivity contribution in [2.45, 2.75) is 32.4 Å². The summed E-state index contributed by atoms with van der Waals surface area (Å²) in [6, 6.07) is 16.2. The lowest BCUT2D eigenvalue weighted by molar-refractivity contribution is 0.193. The highest BCUT2D eigenvalue weighted by Gasteiger charge is 2.19. The molecule has 3 aromatic rings. The maximum absolute atomic E-state index is 12.4. The predicted molar refractivity (Wildman–Crippen MR) is 132 cm³/mol. The number of hydrogen-bond donors (Lipinski definition) is 1. The van der Waals surface area contributed by atoms with E-state index >= 15 is 0 Å². The van der Waals surface area contributed by atoms with E-state index in [4.69, 9.17) is 0 Å². The zero-order valence-electron chi connectivity index (χ0n) is 19.1. The van der Waals surface area contributed by atoms with Crippen LogP contribution in [0.1, 0.15) is 18.4 Å². The minimum absolute atomic E-state index is 0.0401. The molecule has 0 bridgehead atoms. The first kappa shape index (κ1) is 22.2. The third-order valence-electron chi connectivity index (χ3n) is 6.53. The summed E-state index contributed by atoms with van der Waals surface area (Å²) < 4.78 is 1.85. The van der Waals surface area contributed by atoms with Gasteiger partial charge in [0.2, 0.25) is 0 Å². The molecule has 0 saturated carbocycles. The van der Waals surface area contributed by atoms with Crippen LogP contribution in [0.15, 0.2) is 71.8 Å². The Morgan fingerprint density at radius 2 is 1.91 bits per heavy atom. The number of nitrogens with zero attached hydrogens (tertiary/aromatic N) is 4. The van der Waals surface area contributed by atoms with E-state index in [-0.39, 0.29) is 5.56 Å². The van der Waals surface area contributed by atoms with Gasteiger partial charge in [-0.1, -0.05) is 24.8 Å². The molecule has 1 aliphatic rings. The van der Waals surface area contributed by atoms with E-state index in [0.717, 1.165) is 55.8 Å². The van der Waals surface area contributed by atoms with Gasteiger partial charge >= 0.3 is 0 Å². The number of likely N-dealkylation sites (tertiary alicyclic amines) is 1. The first-order chi connectivity index (χ1) is 15.5. The lowest BCUT2D eigenvalue weighted by Crippen LogP contribution is -2.45. The van der Waals surface area contributed by atoms with E-state index in [9.17, 15) is 4.79 Å². The van der Waals surface area contributed by atoms with Gasteiger partial charge < -0.3 is 19.7 Å². The molecule has 0 amide bonds. The van der Waals surface area contributed by atoms with Crippen molar-refractivity contribution in [2.24, 2.45) is 0 Å². The van der Waals surface area contributed by atoms with Crippen LogP contribution in [0.2, 0.25) is 0 Å². The van der Waals surface area contributed by atoms with Gasteiger partial charge in [-0.05, 0) is 62.7 Å². The summed E-state index contributed by atoms with van der Waals surface area (Å²) in [5.74, 6) is 0. The molecule has 1 aliphatic heterocycles. The van der Waals surface area contributed by atoms with Crippen molar-refractivity contribution in [3.8, 4) is 0 Å². The van der Waals surface area contributed by atoms with Crippen LogP contribution >= 0.6 is 0 Å². The fraction of sp³-hybridized carbons (Fsp3) is 0.385. The Kier molecular flexibility index (Phi) is 7.02. The van der Waals surface area contributed by atoms with Gasteiger partial charge in [0.05, 0.1) is 11.0 Å². The highest BCUT2D eigenvalue weighted by Crippen LogP contribution is 2.21. The Balaban J connectivity index is 1.25. The number of likely N-dealkylation sites (N-methyl/N-ethyl adjacent to an activating group) is 1. The minimum atomic E-state index is 0.0401. The molecule has 0 atom stereocenters. The fourth-order valence-corrected chi connectivity index (χ4v) is 4.45. The Bertz CT molecular complexity index is 1130. The van der Waals surface area contributed by atoms with Gasteiger partial charge in [-0.2, -0.15) is 0 Å². The van der Waals surface area contributed by atoms with Crippen LogP contribution in [0.3, 0.4) is 0 Å². The summed E-state index contributed by atoms with van der Waals surface area (Å²) in [6.07, 6.45) is 3.98. The fourth-order valence-electron chi connectivity index (χ4n) is 4.45. The van der Waals surface area contributed by atoms with Gasteiger partial charge in [0.25, 0.3) is 5.56 Å². The maximum atomic E-state index is 12.4. The van der Waals surface area contributed by atoms with Crippen LogP contribution in [0, 0.1) is 6.92 Å². The topological polar surface area (TPSA) is 53.4 Å². The molecule has 1 fully saturated rings. The second-order valence-corrected chi connectivity index (χ2v) is 8.64.